The highest BCUT2D eigenvalue weighted by molar-refractivity contribution is 5.75. The van der Waals surface area contributed by atoms with Crippen LogP contribution in [0.15, 0.2) is 60.7 Å². The Morgan fingerprint density at radius 2 is 1.59 bits per heavy atom. The van der Waals surface area contributed by atoms with Gasteiger partial charge in [0.2, 0.25) is 0 Å². The Bertz CT molecular complexity index is 1180. The normalized spacial score (nSPS) is 18.1. The molecule has 0 radical (unpaired) electrons. The van der Waals surface area contributed by atoms with Crippen LogP contribution in [-0.4, -0.2) is 18.2 Å². The summed E-state index contributed by atoms with van der Waals surface area (Å²) in [6.45, 7) is 6.21. The Morgan fingerprint density at radius 1 is 0.941 bits per heavy atom. The Labute approximate surface area is 203 Å². The van der Waals surface area contributed by atoms with Gasteiger partial charge in [0, 0.05) is 5.92 Å². The molecule has 3 nitrogen and oxygen atoms in total. The van der Waals surface area contributed by atoms with Crippen molar-refractivity contribution in [1.29, 1.82) is 0 Å². The minimum atomic E-state index is -0.279. The highest BCUT2D eigenvalue weighted by atomic mass is 16.6. The number of hydrogen-bond acceptors (Lipinski definition) is 3. The van der Waals surface area contributed by atoms with Crippen molar-refractivity contribution in [2.24, 2.45) is 0 Å². The summed E-state index contributed by atoms with van der Waals surface area (Å²) in [5.74, 6) is 0.834. The third-order valence-corrected chi connectivity index (χ3v) is 7.78. The predicted molar refractivity (Wildman–Crippen MR) is 136 cm³/mol. The van der Waals surface area contributed by atoms with Gasteiger partial charge < -0.3 is 9.47 Å². The van der Waals surface area contributed by atoms with Crippen LogP contribution >= 0.6 is 0 Å². The number of hydrogen-bond donors (Lipinski definition) is 0. The topological polar surface area (TPSA) is 35.5 Å². The van der Waals surface area contributed by atoms with Gasteiger partial charge in [-0.15, -0.1) is 0 Å². The lowest BCUT2D eigenvalue weighted by molar-refractivity contribution is -0.162. The summed E-state index contributed by atoms with van der Waals surface area (Å²) in [5, 5.41) is 0. The van der Waals surface area contributed by atoms with E-state index in [0.29, 0.717) is 5.92 Å². The van der Waals surface area contributed by atoms with Crippen LogP contribution in [0, 0.1) is 13.8 Å². The van der Waals surface area contributed by atoms with Gasteiger partial charge in [0.05, 0.1) is 0 Å². The van der Waals surface area contributed by atoms with Gasteiger partial charge in [-0.1, -0.05) is 67.6 Å². The Hall–Kier alpha value is -3.07. The second kappa shape index (κ2) is 9.29. The van der Waals surface area contributed by atoms with Crippen molar-refractivity contribution in [2.75, 3.05) is 6.61 Å². The molecule has 176 valence electrons. The molecule has 0 aromatic heterocycles. The molecule has 0 aliphatic heterocycles. The van der Waals surface area contributed by atoms with Gasteiger partial charge in [-0.2, -0.15) is 0 Å². The number of fused-ring (bicyclic) bond motifs is 3. The Balaban J connectivity index is 1.36. The fourth-order valence-corrected chi connectivity index (χ4v) is 6.00. The first-order valence-corrected chi connectivity index (χ1v) is 12.6. The first-order valence-electron chi connectivity index (χ1n) is 12.6. The Kier molecular flexibility index (Phi) is 6.20. The molecule has 0 spiro atoms. The van der Waals surface area contributed by atoms with Crippen LogP contribution in [0.1, 0.15) is 72.8 Å². The van der Waals surface area contributed by atoms with E-state index in [-0.39, 0.29) is 18.2 Å². The van der Waals surface area contributed by atoms with E-state index >= 15 is 0 Å². The second-order valence-corrected chi connectivity index (χ2v) is 9.99. The average Bonchev–Trinajstić information content (AvgIpc) is 3.31. The van der Waals surface area contributed by atoms with Crippen LogP contribution in [0.4, 0.5) is 0 Å². The van der Waals surface area contributed by atoms with Gasteiger partial charge in [0.1, 0.15) is 11.4 Å². The van der Waals surface area contributed by atoms with Crippen LogP contribution < -0.4 is 4.74 Å². The van der Waals surface area contributed by atoms with E-state index in [1.807, 2.05) is 0 Å². The van der Waals surface area contributed by atoms with Crippen molar-refractivity contribution in [3.05, 3.63) is 88.5 Å². The number of esters is 1. The molecule has 1 fully saturated rings. The lowest BCUT2D eigenvalue weighted by Gasteiger charge is -2.29. The first-order chi connectivity index (χ1) is 16.5. The zero-order valence-electron chi connectivity index (χ0n) is 20.5. The maximum absolute atomic E-state index is 12.6. The Morgan fingerprint density at radius 3 is 2.29 bits per heavy atom. The van der Waals surface area contributed by atoms with Crippen molar-refractivity contribution in [2.45, 2.75) is 70.8 Å². The van der Waals surface area contributed by atoms with Crippen molar-refractivity contribution >= 4 is 5.97 Å². The standard InChI is InChI=1S/C31H34O3/c1-4-31(15-9-10-16-31)34-29(32)20-33-30-21(2)17-24(18-22(30)3)28-19-23-11-5-6-12-25(23)26-13-7-8-14-27(26)28/h5-8,11-14,17-18,28H,4,9-10,15-16,19-20H2,1-3H3. The van der Waals surface area contributed by atoms with Crippen molar-refractivity contribution in [3.8, 4) is 16.9 Å². The lowest BCUT2D eigenvalue weighted by Crippen LogP contribution is -2.33. The predicted octanol–water partition coefficient (Wildman–Crippen LogP) is 7.30. The number of carbonyl (C=O) groups is 1. The van der Waals surface area contributed by atoms with Crippen LogP contribution in [0.3, 0.4) is 0 Å². The monoisotopic (exact) mass is 454 g/mol. The van der Waals surface area contributed by atoms with E-state index in [9.17, 15) is 4.79 Å². The highest BCUT2D eigenvalue weighted by Gasteiger charge is 2.36. The minimum Gasteiger partial charge on any atom is -0.481 e. The fourth-order valence-electron chi connectivity index (χ4n) is 6.00. The summed E-state index contributed by atoms with van der Waals surface area (Å²) in [6.07, 6.45) is 6.06. The number of rotatable bonds is 6. The molecular formula is C31H34O3. The number of carbonyl (C=O) groups excluding carboxylic acids is 1. The smallest absolute Gasteiger partial charge is 0.344 e. The second-order valence-electron chi connectivity index (χ2n) is 9.99. The van der Waals surface area contributed by atoms with Crippen molar-refractivity contribution in [3.63, 3.8) is 0 Å². The maximum Gasteiger partial charge on any atom is 0.344 e. The molecule has 1 unspecified atom stereocenters. The SMILES string of the molecule is CCC1(OC(=O)COc2c(C)cc(C3Cc4ccccc4-c4ccccc43)cc2C)CCCC1. The first kappa shape index (κ1) is 22.7. The van der Waals surface area contributed by atoms with E-state index in [0.717, 1.165) is 55.4 Å². The van der Waals surface area contributed by atoms with E-state index in [1.54, 1.807) is 0 Å². The van der Waals surface area contributed by atoms with Crippen molar-refractivity contribution in [1.82, 2.24) is 0 Å². The summed E-state index contributed by atoms with van der Waals surface area (Å²) >= 11 is 0. The molecule has 0 amide bonds. The molecule has 0 heterocycles. The van der Waals surface area contributed by atoms with Gasteiger partial charge in [-0.05, 0) is 91.3 Å². The summed E-state index contributed by atoms with van der Waals surface area (Å²) in [7, 11) is 0. The van der Waals surface area contributed by atoms with E-state index in [2.05, 4.69) is 81.4 Å². The number of benzene rings is 3. The average molecular weight is 455 g/mol. The van der Waals surface area contributed by atoms with Gasteiger partial charge in [0.15, 0.2) is 6.61 Å². The molecule has 0 bridgehead atoms. The molecule has 5 rings (SSSR count). The third-order valence-electron chi connectivity index (χ3n) is 7.78. The van der Waals surface area contributed by atoms with E-state index < -0.39 is 0 Å². The lowest BCUT2D eigenvalue weighted by atomic mass is 9.75. The maximum atomic E-state index is 12.6. The van der Waals surface area contributed by atoms with Crippen LogP contribution in [0.5, 0.6) is 5.75 Å². The largest absolute Gasteiger partial charge is 0.481 e. The highest BCUT2D eigenvalue weighted by Crippen LogP contribution is 2.43. The van der Waals surface area contributed by atoms with Gasteiger partial charge in [-0.25, -0.2) is 4.79 Å². The zero-order chi connectivity index (χ0) is 23.7. The van der Waals surface area contributed by atoms with E-state index in [1.165, 1.54) is 27.8 Å². The summed E-state index contributed by atoms with van der Waals surface area (Å²) in [4.78, 5) is 12.6. The molecule has 1 saturated carbocycles. The summed E-state index contributed by atoms with van der Waals surface area (Å²) in [6, 6.07) is 21.9. The minimum absolute atomic E-state index is 0.0393. The van der Waals surface area contributed by atoms with Gasteiger partial charge in [0.25, 0.3) is 0 Å². The molecular weight excluding hydrogens is 420 g/mol. The van der Waals surface area contributed by atoms with Crippen LogP contribution in [0.2, 0.25) is 0 Å². The van der Waals surface area contributed by atoms with E-state index in [4.69, 9.17) is 9.47 Å². The summed E-state index contributed by atoms with van der Waals surface area (Å²) in [5.41, 5.74) is 8.56. The quantitative estimate of drug-likeness (QED) is 0.367. The molecule has 0 saturated heterocycles. The third kappa shape index (κ3) is 4.24. The molecule has 3 aromatic carbocycles. The van der Waals surface area contributed by atoms with Crippen molar-refractivity contribution < 1.29 is 14.3 Å². The van der Waals surface area contributed by atoms with Crippen LogP contribution in [0.25, 0.3) is 11.1 Å². The van der Waals surface area contributed by atoms with Crippen LogP contribution in [-0.2, 0) is 16.0 Å². The summed E-state index contributed by atoms with van der Waals surface area (Å²) < 4.78 is 11.9. The molecule has 1 atom stereocenters. The van der Waals surface area contributed by atoms with Gasteiger partial charge >= 0.3 is 5.97 Å². The number of ether oxygens (including phenoxy) is 2. The number of aryl methyl sites for hydroxylation is 2. The van der Waals surface area contributed by atoms with Gasteiger partial charge in [-0.3, -0.25) is 0 Å². The fraction of sp³-hybridized carbons (Fsp3) is 0.387. The molecule has 2 aliphatic rings. The molecule has 34 heavy (non-hydrogen) atoms. The molecule has 2 aliphatic carbocycles. The zero-order valence-corrected chi connectivity index (χ0v) is 20.5. The molecule has 3 heteroatoms. The molecule has 3 aromatic rings. The molecule has 0 N–H and O–H groups in total.